The van der Waals surface area contributed by atoms with E-state index in [-0.39, 0.29) is 17.5 Å². The number of hydrogen-bond acceptors (Lipinski definition) is 7. The lowest BCUT2D eigenvalue weighted by atomic mass is 10.1. The Balaban J connectivity index is 2.08. The van der Waals surface area contributed by atoms with Crippen LogP contribution in [0.5, 0.6) is 0 Å². The first-order valence-electron chi connectivity index (χ1n) is 7.59. The number of ether oxygens (including phenoxy) is 1. The number of alkyl halides is 1. The fraction of sp³-hybridized carbons (Fsp3) is 0.250. The van der Waals surface area contributed by atoms with Crippen LogP contribution in [0, 0.1) is 0 Å². The molecule has 0 aliphatic rings. The summed E-state index contributed by atoms with van der Waals surface area (Å²) in [5.41, 5.74) is 6.72. The Kier molecular flexibility index (Phi) is 5.43. The molecule has 9 heteroatoms. The zero-order valence-corrected chi connectivity index (χ0v) is 15.6. The Hall–Kier alpha value is -2.27. The van der Waals surface area contributed by atoms with Crippen LogP contribution in [0.4, 0.5) is 11.8 Å². The summed E-state index contributed by atoms with van der Waals surface area (Å²) < 4.78 is 6.01. The number of nitrogens with one attached hydrogen (secondary N) is 2. The minimum atomic E-state index is -0.199. The van der Waals surface area contributed by atoms with Crippen molar-refractivity contribution in [3.63, 3.8) is 0 Å². The van der Waals surface area contributed by atoms with Crippen LogP contribution in [0.15, 0.2) is 35.5 Å². The smallest absolute Gasteiger partial charge is 0.259 e. The summed E-state index contributed by atoms with van der Waals surface area (Å²) in [6.45, 7) is 2.47. The van der Waals surface area contributed by atoms with Crippen molar-refractivity contribution in [1.29, 1.82) is 0 Å². The third-order valence-electron chi connectivity index (χ3n) is 3.55. The van der Waals surface area contributed by atoms with Gasteiger partial charge in [-0.3, -0.25) is 4.79 Å². The van der Waals surface area contributed by atoms with Gasteiger partial charge in [-0.1, -0.05) is 22.6 Å². The fourth-order valence-electron chi connectivity index (χ4n) is 2.43. The number of aromatic nitrogens is 4. The largest absolute Gasteiger partial charge is 0.369 e. The summed E-state index contributed by atoms with van der Waals surface area (Å²) >= 11 is 2.14. The molecule has 3 rings (SSSR count). The number of fused-ring (bicyclic) bond motifs is 1. The zero-order chi connectivity index (χ0) is 17.8. The van der Waals surface area contributed by atoms with Gasteiger partial charge in [0.25, 0.3) is 5.56 Å². The average molecular weight is 452 g/mol. The number of H-pyrrole nitrogens is 1. The molecule has 3 aromatic heterocycles. The van der Waals surface area contributed by atoms with Crippen molar-refractivity contribution in [2.75, 3.05) is 22.3 Å². The minimum absolute atomic E-state index is 0.0111. The molecule has 130 valence electrons. The van der Waals surface area contributed by atoms with Gasteiger partial charge in [-0.15, -0.1) is 0 Å². The van der Waals surface area contributed by atoms with Gasteiger partial charge in [0.1, 0.15) is 5.82 Å². The molecular formula is C16H17IN6O2. The maximum atomic E-state index is 12.3. The first-order chi connectivity index (χ1) is 12.1. The van der Waals surface area contributed by atoms with Crippen LogP contribution in [-0.2, 0) is 4.74 Å². The summed E-state index contributed by atoms with van der Waals surface area (Å²) in [6, 6.07) is 3.65. The van der Waals surface area contributed by atoms with Gasteiger partial charge in [-0.25, -0.2) is 15.0 Å². The Bertz CT molecular complexity index is 928. The summed E-state index contributed by atoms with van der Waals surface area (Å²) in [5, 5.41) is 4.53. The number of halogens is 1. The zero-order valence-electron chi connectivity index (χ0n) is 13.5. The van der Waals surface area contributed by atoms with Crippen molar-refractivity contribution in [3.05, 3.63) is 41.1 Å². The van der Waals surface area contributed by atoms with Gasteiger partial charge >= 0.3 is 0 Å². The second-order valence-electron chi connectivity index (χ2n) is 5.48. The molecule has 0 aromatic carbocycles. The predicted octanol–water partition coefficient (Wildman–Crippen LogP) is 2.17. The van der Waals surface area contributed by atoms with E-state index in [1.807, 2.05) is 19.1 Å². The van der Waals surface area contributed by atoms with Crippen molar-refractivity contribution in [3.8, 4) is 11.3 Å². The quantitative estimate of drug-likeness (QED) is 0.388. The third kappa shape index (κ3) is 4.04. The first-order valence-corrected chi connectivity index (χ1v) is 9.11. The minimum Gasteiger partial charge on any atom is -0.369 e. The standard InChI is InChI=1S/C16H17IN6O2/c1-9(7-25-8-17)22-14-13-10(2-3-19-15(13)24)4-12(23-14)11-5-20-16(18)21-6-11/h2-6,9H,7-8H2,1H3,(H,19,24)(H,22,23)(H2,18,20,21)/t9-/m0/s1. The maximum absolute atomic E-state index is 12.3. The van der Waals surface area contributed by atoms with Crippen LogP contribution in [0.25, 0.3) is 22.0 Å². The molecule has 3 aromatic rings. The first kappa shape index (κ1) is 17.5. The molecule has 8 nitrogen and oxygen atoms in total. The fourth-order valence-corrected chi connectivity index (χ4v) is 2.69. The number of anilines is 2. The molecule has 4 N–H and O–H groups in total. The topological polar surface area (TPSA) is 119 Å². The van der Waals surface area contributed by atoms with E-state index in [4.69, 9.17) is 10.5 Å². The molecule has 0 radical (unpaired) electrons. The molecule has 0 fully saturated rings. The van der Waals surface area contributed by atoms with E-state index in [0.29, 0.717) is 28.1 Å². The number of hydrogen-bond donors (Lipinski definition) is 3. The van der Waals surface area contributed by atoms with E-state index >= 15 is 0 Å². The molecule has 0 bridgehead atoms. The van der Waals surface area contributed by atoms with E-state index in [1.54, 1.807) is 18.6 Å². The van der Waals surface area contributed by atoms with Crippen LogP contribution >= 0.6 is 22.6 Å². The molecule has 3 heterocycles. The highest BCUT2D eigenvalue weighted by Crippen LogP contribution is 2.25. The molecule has 0 spiro atoms. The van der Waals surface area contributed by atoms with E-state index in [0.717, 1.165) is 10.9 Å². The summed E-state index contributed by atoms with van der Waals surface area (Å²) in [7, 11) is 0. The van der Waals surface area contributed by atoms with Gasteiger partial charge < -0.3 is 20.8 Å². The maximum Gasteiger partial charge on any atom is 0.259 e. The Morgan fingerprint density at radius 2 is 2.16 bits per heavy atom. The third-order valence-corrected chi connectivity index (χ3v) is 3.99. The van der Waals surface area contributed by atoms with Gasteiger partial charge in [0, 0.05) is 30.2 Å². The Morgan fingerprint density at radius 3 is 2.88 bits per heavy atom. The van der Waals surface area contributed by atoms with Crippen molar-refractivity contribution >= 4 is 45.1 Å². The Morgan fingerprint density at radius 1 is 1.40 bits per heavy atom. The summed E-state index contributed by atoms with van der Waals surface area (Å²) in [5.74, 6) is 0.694. The van der Waals surface area contributed by atoms with Gasteiger partial charge in [-0.2, -0.15) is 0 Å². The Labute approximate surface area is 157 Å². The number of nitrogen functional groups attached to an aromatic ring is 1. The lowest BCUT2D eigenvalue weighted by Crippen LogP contribution is -2.23. The SMILES string of the molecule is C[C@@H](COCI)Nc1nc(-c2cnc(N)nc2)cc2cc[nH]c(=O)c12. The van der Waals surface area contributed by atoms with E-state index in [1.165, 1.54) is 0 Å². The molecule has 25 heavy (non-hydrogen) atoms. The lowest BCUT2D eigenvalue weighted by Gasteiger charge is -2.16. The number of aromatic amines is 1. The van der Waals surface area contributed by atoms with Crippen molar-refractivity contribution in [2.45, 2.75) is 13.0 Å². The van der Waals surface area contributed by atoms with Gasteiger partial charge in [-0.05, 0) is 24.4 Å². The molecule has 0 saturated carbocycles. The van der Waals surface area contributed by atoms with E-state index < -0.39 is 0 Å². The van der Waals surface area contributed by atoms with Crippen LogP contribution in [0.3, 0.4) is 0 Å². The van der Waals surface area contributed by atoms with Crippen molar-refractivity contribution in [1.82, 2.24) is 19.9 Å². The van der Waals surface area contributed by atoms with Gasteiger partial charge in [0.2, 0.25) is 5.95 Å². The lowest BCUT2D eigenvalue weighted by molar-refractivity contribution is 0.183. The van der Waals surface area contributed by atoms with Crippen molar-refractivity contribution in [2.24, 2.45) is 0 Å². The van der Waals surface area contributed by atoms with Crippen LogP contribution < -0.4 is 16.6 Å². The summed E-state index contributed by atoms with van der Waals surface area (Å²) in [4.78, 5) is 27.6. The normalized spacial score (nSPS) is 12.2. The highest BCUT2D eigenvalue weighted by molar-refractivity contribution is 14.1. The average Bonchev–Trinajstić information content (AvgIpc) is 2.60. The molecule has 1 atom stereocenters. The second kappa shape index (κ2) is 7.74. The van der Waals surface area contributed by atoms with Crippen LogP contribution in [0.2, 0.25) is 0 Å². The van der Waals surface area contributed by atoms with Crippen LogP contribution in [-0.4, -0.2) is 37.2 Å². The molecule has 0 aliphatic carbocycles. The number of nitrogens with zero attached hydrogens (tertiary/aromatic N) is 3. The van der Waals surface area contributed by atoms with E-state index in [2.05, 4.69) is 47.8 Å². The molecule has 0 amide bonds. The predicted molar refractivity (Wildman–Crippen MR) is 106 cm³/mol. The number of nitrogens with two attached hydrogens (primary N) is 1. The van der Waals surface area contributed by atoms with Crippen molar-refractivity contribution < 1.29 is 4.74 Å². The van der Waals surface area contributed by atoms with Gasteiger partial charge in [0.15, 0.2) is 0 Å². The molecule has 0 unspecified atom stereocenters. The number of pyridine rings is 2. The van der Waals surface area contributed by atoms with Crippen LogP contribution in [0.1, 0.15) is 6.92 Å². The van der Waals surface area contributed by atoms with Gasteiger partial charge in [0.05, 0.1) is 22.3 Å². The van der Waals surface area contributed by atoms with E-state index in [9.17, 15) is 4.79 Å². The number of rotatable bonds is 6. The second-order valence-corrected chi connectivity index (χ2v) is 6.11. The molecule has 0 saturated heterocycles. The molecule has 0 aliphatic heterocycles. The molecular weight excluding hydrogens is 435 g/mol. The highest BCUT2D eigenvalue weighted by Gasteiger charge is 2.13. The monoisotopic (exact) mass is 452 g/mol. The summed E-state index contributed by atoms with van der Waals surface area (Å²) in [6.07, 6.45) is 4.83. The highest BCUT2D eigenvalue weighted by atomic mass is 127.